The van der Waals surface area contributed by atoms with E-state index in [2.05, 4.69) is 0 Å². The molecule has 2 nitrogen and oxygen atoms in total. The van der Waals surface area contributed by atoms with E-state index in [0.717, 1.165) is 18.0 Å². The second-order valence-corrected chi connectivity index (χ2v) is 2.32. The van der Waals surface area contributed by atoms with Crippen LogP contribution in [0.5, 0.6) is 0 Å². The van der Waals surface area contributed by atoms with Gasteiger partial charge in [-0.2, -0.15) is 5.26 Å². The molecule has 1 atom stereocenters. The van der Waals surface area contributed by atoms with Crippen molar-refractivity contribution in [3.8, 4) is 5.40 Å². The molecule has 1 unspecified atom stereocenters. The molecule has 0 saturated heterocycles. The van der Waals surface area contributed by atoms with Gasteiger partial charge in [-0.1, -0.05) is 6.92 Å². The van der Waals surface area contributed by atoms with Crippen molar-refractivity contribution < 1.29 is 4.79 Å². The van der Waals surface area contributed by atoms with Gasteiger partial charge in [-0.25, -0.2) is 0 Å². The maximum atomic E-state index is 9.89. The summed E-state index contributed by atoms with van der Waals surface area (Å²) < 4.78 is 0. The number of hydrogen-bond acceptors (Lipinski definition) is 3. The molecule has 0 bridgehead atoms. The Labute approximate surface area is 52.9 Å². The van der Waals surface area contributed by atoms with Gasteiger partial charge in [-0.3, -0.25) is 0 Å². The fourth-order valence-corrected chi connectivity index (χ4v) is 0.624. The highest BCUT2D eigenvalue weighted by Crippen LogP contribution is 2.02. The highest BCUT2D eigenvalue weighted by Gasteiger charge is 1.96. The van der Waals surface area contributed by atoms with Crippen LogP contribution in [-0.2, 0) is 4.79 Å². The van der Waals surface area contributed by atoms with Crippen LogP contribution in [0.3, 0.4) is 0 Å². The smallest absolute Gasteiger partial charge is 0.133 e. The zero-order valence-corrected chi connectivity index (χ0v) is 5.44. The summed E-state index contributed by atoms with van der Waals surface area (Å²) in [6.45, 7) is 1.79. The van der Waals surface area contributed by atoms with Crippen LogP contribution in [0.15, 0.2) is 0 Å². The van der Waals surface area contributed by atoms with Gasteiger partial charge < -0.3 is 4.79 Å². The molecule has 0 radical (unpaired) electrons. The minimum absolute atomic E-state index is 0.0136. The van der Waals surface area contributed by atoms with Gasteiger partial charge in [0, 0.05) is 11.7 Å². The molecule has 8 heavy (non-hydrogen) atoms. The van der Waals surface area contributed by atoms with E-state index in [4.69, 9.17) is 5.26 Å². The molecule has 0 aliphatic heterocycles. The van der Waals surface area contributed by atoms with E-state index < -0.39 is 0 Å². The highest BCUT2D eigenvalue weighted by molar-refractivity contribution is 8.03. The lowest BCUT2D eigenvalue weighted by molar-refractivity contribution is -0.110. The number of rotatable bonds is 3. The Morgan fingerprint density at radius 2 is 2.62 bits per heavy atom. The van der Waals surface area contributed by atoms with Gasteiger partial charge >= 0.3 is 0 Å². The molecular formula is C5H7NOS. The van der Waals surface area contributed by atoms with Crippen LogP contribution < -0.4 is 0 Å². The van der Waals surface area contributed by atoms with Crippen LogP contribution in [0.25, 0.3) is 0 Å². The summed E-state index contributed by atoms with van der Waals surface area (Å²) in [5, 5.41) is 9.90. The molecule has 3 heteroatoms. The monoisotopic (exact) mass is 129 g/mol. The first-order valence-electron chi connectivity index (χ1n) is 2.27. The molecule has 0 saturated carbocycles. The predicted octanol–water partition coefficient (Wildman–Crippen LogP) is 1.04. The second-order valence-electron chi connectivity index (χ2n) is 1.52. The Kier molecular flexibility index (Phi) is 4.38. The average Bonchev–Trinajstić information content (AvgIpc) is 1.83. The lowest BCUT2D eigenvalue weighted by Crippen LogP contribution is -1.96. The van der Waals surface area contributed by atoms with Crippen molar-refractivity contribution in [3.05, 3.63) is 0 Å². The highest BCUT2D eigenvalue weighted by atomic mass is 32.2. The summed E-state index contributed by atoms with van der Waals surface area (Å²) in [4.78, 5) is 9.89. The number of thioether (sulfide) groups is 1. The molecule has 0 fully saturated rings. The van der Waals surface area contributed by atoms with Crippen LogP contribution in [0.1, 0.15) is 6.92 Å². The Hall–Kier alpha value is -0.490. The summed E-state index contributed by atoms with van der Waals surface area (Å²) >= 11 is 1.12. The molecule has 0 N–H and O–H groups in total. The van der Waals surface area contributed by atoms with E-state index >= 15 is 0 Å². The van der Waals surface area contributed by atoms with E-state index in [1.807, 2.05) is 5.40 Å². The zero-order valence-electron chi connectivity index (χ0n) is 4.63. The van der Waals surface area contributed by atoms with Crippen molar-refractivity contribution in [1.29, 1.82) is 5.26 Å². The standard InChI is InChI=1S/C5H7NOS/c1-5(2-7)3-8-4-6/h2,5H,3H2,1H3. The van der Waals surface area contributed by atoms with Crippen molar-refractivity contribution in [3.63, 3.8) is 0 Å². The van der Waals surface area contributed by atoms with Crippen LogP contribution >= 0.6 is 11.8 Å². The number of thiocyanates is 1. The normalized spacial score (nSPS) is 12.0. The maximum Gasteiger partial charge on any atom is 0.133 e. The van der Waals surface area contributed by atoms with Crippen LogP contribution in [-0.4, -0.2) is 12.0 Å². The molecule has 0 spiro atoms. The molecule has 0 heterocycles. The number of carbonyl (C=O) groups excluding carboxylic acids is 1. The van der Waals surface area contributed by atoms with E-state index in [-0.39, 0.29) is 5.92 Å². The minimum atomic E-state index is 0.0136. The Bertz CT molecular complexity index is 107. The summed E-state index contributed by atoms with van der Waals surface area (Å²) in [7, 11) is 0. The van der Waals surface area contributed by atoms with Crippen molar-refractivity contribution in [2.45, 2.75) is 6.92 Å². The van der Waals surface area contributed by atoms with Crippen LogP contribution in [0.2, 0.25) is 0 Å². The third kappa shape index (κ3) is 3.69. The molecular weight excluding hydrogens is 122 g/mol. The Balaban J connectivity index is 3.13. The van der Waals surface area contributed by atoms with E-state index in [0.29, 0.717) is 5.75 Å². The summed E-state index contributed by atoms with van der Waals surface area (Å²) in [5.74, 6) is 0.625. The lowest BCUT2D eigenvalue weighted by Gasteiger charge is -1.92. The first kappa shape index (κ1) is 7.51. The first-order chi connectivity index (χ1) is 3.81. The molecule has 0 aliphatic rings. The third-order valence-corrected chi connectivity index (χ3v) is 1.46. The minimum Gasteiger partial charge on any atom is -0.303 e. The predicted molar refractivity (Wildman–Crippen MR) is 33.3 cm³/mol. The van der Waals surface area contributed by atoms with Gasteiger partial charge in [0.15, 0.2) is 0 Å². The van der Waals surface area contributed by atoms with Gasteiger partial charge in [0.25, 0.3) is 0 Å². The Morgan fingerprint density at radius 3 is 3.00 bits per heavy atom. The van der Waals surface area contributed by atoms with Crippen molar-refractivity contribution in [1.82, 2.24) is 0 Å². The summed E-state index contributed by atoms with van der Waals surface area (Å²) in [6, 6.07) is 0. The van der Waals surface area contributed by atoms with Gasteiger partial charge in [0.1, 0.15) is 11.7 Å². The van der Waals surface area contributed by atoms with Crippen molar-refractivity contribution in [2.75, 3.05) is 5.75 Å². The summed E-state index contributed by atoms with van der Waals surface area (Å²) in [5.41, 5.74) is 0. The largest absolute Gasteiger partial charge is 0.303 e. The number of hydrogen-bond donors (Lipinski definition) is 0. The molecule has 0 aliphatic carbocycles. The molecule has 0 aromatic rings. The fraction of sp³-hybridized carbons (Fsp3) is 0.600. The van der Waals surface area contributed by atoms with Crippen molar-refractivity contribution >= 4 is 18.0 Å². The van der Waals surface area contributed by atoms with Crippen LogP contribution in [0, 0.1) is 16.6 Å². The first-order valence-corrected chi connectivity index (χ1v) is 3.26. The van der Waals surface area contributed by atoms with Gasteiger partial charge in [-0.15, -0.1) is 0 Å². The van der Waals surface area contributed by atoms with E-state index in [9.17, 15) is 4.79 Å². The summed E-state index contributed by atoms with van der Waals surface area (Å²) in [6.07, 6.45) is 0.852. The number of nitrogens with zero attached hydrogens (tertiary/aromatic N) is 1. The number of nitriles is 1. The van der Waals surface area contributed by atoms with E-state index in [1.54, 1.807) is 6.92 Å². The Morgan fingerprint density at radius 1 is 2.00 bits per heavy atom. The van der Waals surface area contributed by atoms with Crippen LogP contribution in [0.4, 0.5) is 0 Å². The van der Waals surface area contributed by atoms with Gasteiger partial charge in [0.05, 0.1) is 0 Å². The molecule has 0 amide bonds. The fourth-order valence-electron chi connectivity index (χ4n) is 0.208. The van der Waals surface area contributed by atoms with Crippen molar-refractivity contribution in [2.24, 2.45) is 5.92 Å². The SMILES string of the molecule is CC(C=O)CSC#N. The topological polar surface area (TPSA) is 40.9 Å². The quantitative estimate of drug-likeness (QED) is 0.422. The zero-order chi connectivity index (χ0) is 6.41. The van der Waals surface area contributed by atoms with Gasteiger partial charge in [0.2, 0.25) is 0 Å². The number of aldehydes is 1. The number of carbonyl (C=O) groups is 1. The van der Waals surface area contributed by atoms with Gasteiger partial charge in [-0.05, 0) is 11.8 Å². The average molecular weight is 129 g/mol. The molecule has 0 rings (SSSR count). The lowest BCUT2D eigenvalue weighted by atomic mass is 10.3. The molecule has 44 valence electrons. The maximum absolute atomic E-state index is 9.89. The molecule has 0 aromatic carbocycles. The molecule has 0 aromatic heterocycles. The second kappa shape index (κ2) is 4.66. The third-order valence-electron chi connectivity index (χ3n) is 0.643. The van der Waals surface area contributed by atoms with E-state index in [1.165, 1.54) is 0 Å².